The van der Waals surface area contributed by atoms with Crippen molar-refractivity contribution in [3.8, 4) is 0 Å². The molecule has 1 aliphatic rings. The van der Waals surface area contributed by atoms with Gasteiger partial charge in [0.05, 0.1) is 18.3 Å². The Labute approximate surface area is 117 Å². The summed E-state index contributed by atoms with van der Waals surface area (Å²) in [6.45, 7) is 3.04. The van der Waals surface area contributed by atoms with E-state index in [9.17, 15) is 14.7 Å². The fourth-order valence-corrected chi connectivity index (χ4v) is 2.06. The quantitative estimate of drug-likeness (QED) is 0.386. The lowest BCUT2D eigenvalue weighted by Crippen LogP contribution is -2.34. The fourth-order valence-electron chi connectivity index (χ4n) is 2.06. The Morgan fingerprint density at radius 3 is 2.95 bits per heavy atom. The van der Waals surface area contributed by atoms with Gasteiger partial charge in [-0.25, -0.2) is 4.79 Å². The number of aromatic nitrogens is 2. The molecular formula is C11H13N5O5. The number of aromatic amines is 1. The highest BCUT2D eigenvalue weighted by Gasteiger charge is 2.35. The number of aliphatic hydroxyl groups is 2. The maximum absolute atomic E-state index is 11.8. The fraction of sp³-hybridized carbons (Fsp3) is 0.455. The monoisotopic (exact) mass is 295 g/mol. The maximum Gasteiger partial charge on any atom is 0.330 e. The number of nitrogens with zero attached hydrogens (tertiary/aromatic N) is 4. The van der Waals surface area contributed by atoms with Gasteiger partial charge in [-0.2, -0.15) is 0 Å². The van der Waals surface area contributed by atoms with E-state index in [2.05, 4.69) is 21.6 Å². The van der Waals surface area contributed by atoms with E-state index < -0.39 is 36.3 Å². The Bertz CT molecular complexity index is 716. The van der Waals surface area contributed by atoms with E-state index in [0.29, 0.717) is 0 Å². The highest BCUT2D eigenvalue weighted by atomic mass is 16.5. The van der Waals surface area contributed by atoms with Crippen molar-refractivity contribution >= 4 is 5.70 Å². The topological polar surface area (TPSA) is 153 Å². The summed E-state index contributed by atoms with van der Waals surface area (Å²) < 4.78 is 6.38. The molecule has 3 N–H and O–H groups in total. The van der Waals surface area contributed by atoms with E-state index >= 15 is 0 Å². The van der Waals surface area contributed by atoms with Crippen molar-refractivity contribution in [1.29, 1.82) is 0 Å². The van der Waals surface area contributed by atoms with Crippen LogP contribution in [0.15, 0.2) is 27.5 Å². The number of hydrogen-bond donors (Lipinski definition) is 3. The molecule has 0 spiro atoms. The van der Waals surface area contributed by atoms with Crippen molar-refractivity contribution in [2.24, 2.45) is 5.11 Å². The van der Waals surface area contributed by atoms with Gasteiger partial charge in [-0.05, 0) is 5.53 Å². The average Bonchev–Trinajstić information content (AvgIpc) is 2.80. The van der Waals surface area contributed by atoms with E-state index in [1.165, 1.54) is 0 Å². The van der Waals surface area contributed by atoms with Crippen LogP contribution >= 0.6 is 0 Å². The SMILES string of the molecule is C=C(N=[N+]=[N-])c1cn([C@H]2C[C@H](O)[C@@H](CO)O2)c(=O)[nH]c1=O. The van der Waals surface area contributed by atoms with Gasteiger partial charge >= 0.3 is 5.69 Å². The van der Waals surface area contributed by atoms with Gasteiger partial charge in [0.2, 0.25) is 0 Å². The van der Waals surface area contributed by atoms with Crippen LogP contribution in [0.25, 0.3) is 16.1 Å². The third kappa shape index (κ3) is 2.88. The third-order valence-electron chi connectivity index (χ3n) is 3.14. The van der Waals surface area contributed by atoms with Crippen molar-refractivity contribution in [2.45, 2.75) is 24.9 Å². The Morgan fingerprint density at radius 2 is 2.38 bits per heavy atom. The van der Waals surface area contributed by atoms with Gasteiger partial charge < -0.3 is 14.9 Å². The highest BCUT2D eigenvalue weighted by Crippen LogP contribution is 2.27. The number of rotatable bonds is 4. The molecule has 10 heteroatoms. The summed E-state index contributed by atoms with van der Waals surface area (Å²) in [5, 5.41) is 21.9. The molecule has 112 valence electrons. The van der Waals surface area contributed by atoms with E-state index in [-0.39, 0.29) is 17.7 Å². The normalized spacial score (nSPS) is 24.6. The van der Waals surface area contributed by atoms with Gasteiger partial charge in [0.15, 0.2) is 0 Å². The molecule has 0 aromatic carbocycles. The van der Waals surface area contributed by atoms with Gasteiger partial charge in [-0.15, -0.1) is 0 Å². The molecule has 0 aliphatic carbocycles. The highest BCUT2D eigenvalue weighted by molar-refractivity contribution is 5.60. The first-order valence-corrected chi connectivity index (χ1v) is 6.02. The molecule has 1 aliphatic heterocycles. The maximum atomic E-state index is 11.8. The molecule has 3 atom stereocenters. The van der Waals surface area contributed by atoms with Crippen LogP contribution in [0.3, 0.4) is 0 Å². The van der Waals surface area contributed by atoms with E-state index in [1.807, 2.05) is 0 Å². The Balaban J connectivity index is 2.44. The Hall–Kier alpha value is -2.39. The average molecular weight is 295 g/mol. The molecular weight excluding hydrogens is 282 g/mol. The minimum atomic E-state index is -0.928. The lowest BCUT2D eigenvalue weighted by molar-refractivity contribution is -0.0459. The van der Waals surface area contributed by atoms with Crippen LogP contribution in [0.2, 0.25) is 0 Å². The number of ether oxygens (including phenoxy) is 1. The van der Waals surface area contributed by atoms with Crippen LogP contribution in [0, 0.1) is 0 Å². The Kier molecular flexibility index (Phi) is 4.24. The summed E-state index contributed by atoms with van der Waals surface area (Å²) in [6.07, 6.45) is -1.36. The molecule has 0 bridgehead atoms. The second-order valence-corrected chi connectivity index (χ2v) is 4.46. The van der Waals surface area contributed by atoms with Gasteiger partial charge in [-0.1, -0.05) is 11.7 Å². The van der Waals surface area contributed by atoms with Crippen molar-refractivity contribution in [1.82, 2.24) is 9.55 Å². The van der Waals surface area contributed by atoms with E-state index in [0.717, 1.165) is 10.8 Å². The smallest absolute Gasteiger partial charge is 0.330 e. The van der Waals surface area contributed by atoms with Gasteiger partial charge in [0, 0.05) is 23.2 Å². The summed E-state index contributed by atoms with van der Waals surface area (Å²) in [6, 6.07) is 0. The molecule has 21 heavy (non-hydrogen) atoms. The molecule has 10 nitrogen and oxygen atoms in total. The summed E-state index contributed by atoms with van der Waals surface area (Å²) in [7, 11) is 0. The van der Waals surface area contributed by atoms with Crippen LogP contribution in [0.5, 0.6) is 0 Å². The standard InChI is InChI=1S/C11H13N5O5/c1-5(14-15-12)6-3-16(11(20)13-10(6)19)9-2-7(18)8(4-17)21-9/h3,7-9,17-18H,1-2,4H2,(H,13,19,20)/t7-,8+,9+/m0/s1. The first-order valence-electron chi connectivity index (χ1n) is 6.02. The van der Waals surface area contributed by atoms with E-state index in [4.69, 9.17) is 15.4 Å². The van der Waals surface area contributed by atoms with Crippen LogP contribution in [0.1, 0.15) is 18.2 Å². The molecule has 1 aromatic rings. The molecule has 0 unspecified atom stereocenters. The molecule has 0 saturated carbocycles. The van der Waals surface area contributed by atoms with Crippen LogP contribution in [-0.4, -0.2) is 38.6 Å². The first-order chi connectivity index (χ1) is 9.97. The summed E-state index contributed by atoms with van der Waals surface area (Å²) in [5.74, 6) is 0. The molecule has 0 amide bonds. The van der Waals surface area contributed by atoms with Crippen molar-refractivity contribution in [2.75, 3.05) is 6.61 Å². The molecule has 1 saturated heterocycles. The van der Waals surface area contributed by atoms with Crippen molar-refractivity contribution in [3.05, 3.63) is 49.6 Å². The second-order valence-electron chi connectivity index (χ2n) is 4.46. The third-order valence-corrected chi connectivity index (χ3v) is 3.14. The Morgan fingerprint density at radius 1 is 1.67 bits per heavy atom. The number of hydrogen-bond acceptors (Lipinski definition) is 6. The lowest BCUT2D eigenvalue weighted by atomic mass is 10.2. The first kappa shape index (κ1) is 15.0. The van der Waals surface area contributed by atoms with Crippen LogP contribution in [0.4, 0.5) is 0 Å². The van der Waals surface area contributed by atoms with Gasteiger partial charge in [0.25, 0.3) is 5.56 Å². The largest absolute Gasteiger partial charge is 0.394 e. The molecule has 2 rings (SSSR count). The van der Waals surface area contributed by atoms with Crippen LogP contribution in [-0.2, 0) is 4.74 Å². The lowest BCUT2D eigenvalue weighted by Gasteiger charge is -2.15. The molecule has 1 aromatic heterocycles. The predicted molar refractivity (Wildman–Crippen MR) is 71.1 cm³/mol. The zero-order valence-electron chi connectivity index (χ0n) is 10.8. The van der Waals surface area contributed by atoms with Crippen LogP contribution < -0.4 is 11.2 Å². The number of aliphatic hydroxyl groups excluding tert-OH is 2. The molecule has 0 radical (unpaired) electrons. The second kappa shape index (κ2) is 5.94. The summed E-state index contributed by atoms with van der Waals surface area (Å²) >= 11 is 0. The van der Waals surface area contributed by atoms with Gasteiger partial charge in [-0.3, -0.25) is 14.3 Å². The number of azide groups is 1. The minimum absolute atomic E-state index is 0.0740. The van der Waals surface area contributed by atoms with Gasteiger partial charge in [0.1, 0.15) is 12.3 Å². The minimum Gasteiger partial charge on any atom is -0.394 e. The summed E-state index contributed by atoms with van der Waals surface area (Å²) in [5.41, 5.74) is 6.64. The summed E-state index contributed by atoms with van der Waals surface area (Å²) in [4.78, 5) is 28.1. The van der Waals surface area contributed by atoms with Crippen molar-refractivity contribution in [3.63, 3.8) is 0 Å². The van der Waals surface area contributed by atoms with Crippen molar-refractivity contribution < 1.29 is 14.9 Å². The zero-order chi connectivity index (χ0) is 15.6. The zero-order valence-corrected chi connectivity index (χ0v) is 10.8. The van der Waals surface area contributed by atoms with E-state index in [1.54, 1.807) is 0 Å². The predicted octanol–water partition coefficient (Wildman–Crippen LogP) is -0.542. The number of nitrogens with one attached hydrogen (secondary N) is 1. The molecule has 1 fully saturated rings. The molecule has 2 heterocycles. The number of H-pyrrole nitrogens is 1.